The van der Waals surface area contributed by atoms with Crippen LogP contribution in [0.5, 0.6) is 17.4 Å². The highest BCUT2D eigenvalue weighted by atomic mass is 19.4. The zero-order valence-electron chi connectivity index (χ0n) is 17.8. The fourth-order valence-electron chi connectivity index (χ4n) is 4.21. The van der Waals surface area contributed by atoms with Gasteiger partial charge in [0, 0.05) is 31.4 Å². The number of alkyl halides is 3. The number of halogens is 5. The van der Waals surface area contributed by atoms with Crippen LogP contribution in [0.2, 0.25) is 0 Å². The average molecular weight is 496 g/mol. The number of benzene rings is 1. The predicted molar refractivity (Wildman–Crippen MR) is 110 cm³/mol. The number of fused-ring (bicyclic) bond motifs is 3. The normalized spacial score (nSPS) is 19.0. The van der Waals surface area contributed by atoms with E-state index in [1.807, 2.05) is 4.90 Å². The summed E-state index contributed by atoms with van der Waals surface area (Å²) in [5.41, 5.74) is -1.78. The van der Waals surface area contributed by atoms with E-state index in [1.165, 1.54) is 10.6 Å². The molecule has 184 valence electrons. The number of rotatable bonds is 5. The van der Waals surface area contributed by atoms with Gasteiger partial charge in [0.15, 0.2) is 17.4 Å². The van der Waals surface area contributed by atoms with Crippen molar-refractivity contribution in [2.24, 2.45) is 0 Å². The number of aliphatic hydroxyl groups excluding tert-OH is 1. The molecule has 0 bridgehead atoms. The third-order valence-electron chi connectivity index (χ3n) is 5.73. The molecule has 0 unspecified atom stereocenters. The number of hydrogen-bond acceptors (Lipinski definition) is 7. The molecular weight excluding hydrogens is 479 g/mol. The predicted octanol–water partition coefficient (Wildman–Crippen LogP) is 3.26. The molecule has 0 aliphatic carbocycles. The van der Waals surface area contributed by atoms with Crippen LogP contribution in [0.15, 0.2) is 41.3 Å². The Morgan fingerprint density at radius 2 is 1.86 bits per heavy atom. The number of aromatic nitrogens is 3. The molecule has 2 aliphatic heterocycles. The first kappa shape index (κ1) is 23.0. The minimum Gasteiger partial charge on any atom is -0.473 e. The van der Waals surface area contributed by atoms with E-state index in [1.54, 1.807) is 0 Å². The third kappa shape index (κ3) is 4.50. The van der Waals surface area contributed by atoms with E-state index >= 15 is 0 Å². The van der Waals surface area contributed by atoms with Crippen molar-refractivity contribution in [1.29, 1.82) is 0 Å². The summed E-state index contributed by atoms with van der Waals surface area (Å²) in [5, 5.41) is 9.86. The number of hydrogen-bond donors (Lipinski definition) is 1. The van der Waals surface area contributed by atoms with Crippen LogP contribution in [0.25, 0.3) is 0 Å². The molecule has 4 heterocycles. The summed E-state index contributed by atoms with van der Waals surface area (Å²) in [6, 6.07) is 4.86. The molecule has 5 rings (SSSR count). The maximum atomic E-state index is 14.5. The Bertz CT molecular complexity index is 1320. The molecule has 1 N–H and O–H groups in total. The van der Waals surface area contributed by atoms with Crippen LogP contribution in [0.3, 0.4) is 0 Å². The molecule has 1 saturated heterocycles. The van der Waals surface area contributed by atoms with Crippen molar-refractivity contribution in [3.05, 3.63) is 69.9 Å². The van der Waals surface area contributed by atoms with Crippen LogP contribution in [0.1, 0.15) is 17.7 Å². The molecular formula is C22H17F5N4O4. The van der Waals surface area contributed by atoms with Gasteiger partial charge < -0.3 is 19.5 Å². The monoisotopic (exact) mass is 496 g/mol. The number of anilines is 1. The molecule has 3 aromatic rings. The van der Waals surface area contributed by atoms with Gasteiger partial charge >= 0.3 is 11.9 Å². The van der Waals surface area contributed by atoms with Crippen molar-refractivity contribution < 1.29 is 36.5 Å². The first-order valence-electron chi connectivity index (χ1n) is 10.5. The van der Waals surface area contributed by atoms with E-state index in [4.69, 9.17) is 9.47 Å². The smallest absolute Gasteiger partial charge is 0.433 e. The maximum absolute atomic E-state index is 14.5. The summed E-state index contributed by atoms with van der Waals surface area (Å²) >= 11 is 0. The molecule has 2 atom stereocenters. The van der Waals surface area contributed by atoms with E-state index in [0.29, 0.717) is 31.4 Å². The second-order valence-electron chi connectivity index (χ2n) is 8.20. The van der Waals surface area contributed by atoms with Gasteiger partial charge in [0.2, 0.25) is 5.88 Å². The molecule has 13 heteroatoms. The summed E-state index contributed by atoms with van der Waals surface area (Å²) < 4.78 is 79.4. The van der Waals surface area contributed by atoms with Crippen molar-refractivity contribution in [3.63, 3.8) is 0 Å². The first-order valence-corrected chi connectivity index (χ1v) is 10.5. The van der Waals surface area contributed by atoms with Crippen LogP contribution in [-0.2, 0) is 19.3 Å². The molecule has 1 fully saturated rings. The Balaban J connectivity index is 1.32. The van der Waals surface area contributed by atoms with Crippen molar-refractivity contribution in [1.82, 2.24) is 14.5 Å². The topological polar surface area (TPSA) is 89.7 Å². The van der Waals surface area contributed by atoms with E-state index in [0.717, 1.165) is 24.4 Å². The molecule has 2 aromatic heterocycles. The van der Waals surface area contributed by atoms with Gasteiger partial charge in [0.05, 0.1) is 12.1 Å². The van der Waals surface area contributed by atoms with E-state index in [-0.39, 0.29) is 24.1 Å². The van der Waals surface area contributed by atoms with Gasteiger partial charge in [-0.2, -0.15) is 18.2 Å². The Hall–Kier alpha value is -3.74. The van der Waals surface area contributed by atoms with Crippen molar-refractivity contribution >= 4 is 5.82 Å². The zero-order valence-corrected chi connectivity index (χ0v) is 17.8. The van der Waals surface area contributed by atoms with E-state index in [9.17, 15) is 31.9 Å². The fourth-order valence-corrected chi connectivity index (χ4v) is 4.21. The molecule has 0 spiro atoms. The molecule has 0 radical (unpaired) electrons. The Labute approximate surface area is 194 Å². The van der Waals surface area contributed by atoms with Gasteiger partial charge in [-0.15, -0.1) is 0 Å². The molecule has 0 saturated carbocycles. The van der Waals surface area contributed by atoms with Crippen LogP contribution >= 0.6 is 0 Å². The lowest BCUT2D eigenvalue weighted by molar-refractivity contribution is -0.141. The second-order valence-corrected chi connectivity index (χ2v) is 8.20. The molecule has 35 heavy (non-hydrogen) atoms. The summed E-state index contributed by atoms with van der Waals surface area (Å²) in [7, 11) is 0. The van der Waals surface area contributed by atoms with Crippen molar-refractivity contribution in [3.8, 4) is 17.4 Å². The molecule has 0 amide bonds. The van der Waals surface area contributed by atoms with Crippen LogP contribution in [-0.4, -0.2) is 38.3 Å². The number of aliphatic hydroxyl groups is 1. The number of ether oxygens (including phenoxy) is 2. The van der Waals surface area contributed by atoms with Gasteiger partial charge in [-0.25, -0.2) is 13.6 Å². The summed E-state index contributed by atoms with van der Waals surface area (Å²) in [4.78, 5) is 21.2. The summed E-state index contributed by atoms with van der Waals surface area (Å²) in [6.45, 7) is 0.426. The zero-order chi connectivity index (χ0) is 24.9. The lowest BCUT2D eigenvalue weighted by atomic mass is 10.2. The molecule has 2 aliphatic rings. The second kappa shape index (κ2) is 8.48. The lowest BCUT2D eigenvalue weighted by Gasteiger charge is -2.17. The lowest BCUT2D eigenvalue weighted by Crippen LogP contribution is -2.25. The van der Waals surface area contributed by atoms with Gasteiger partial charge in [0.25, 0.3) is 0 Å². The summed E-state index contributed by atoms with van der Waals surface area (Å²) in [6.07, 6.45) is -3.91. The first-order chi connectivity index (χ1) is 16.6. The number of nitrogens with zero attached hydrogens (tertiary/aromatic N) is 4. The van der Waals surface area contributed by atoms with Gasteiger partial charge in [-0.05, 0) is 30.2 Å². The average Bonchev–Trinajstić information content (AvgIpc) is 3.31. The molecule has 8 nitrogen and oxygen atoms in total. The van der Waals surface area contributed by atoms with Crippen molar-refractivity contribution in [2.75, 3.05) is 11.4 Å². The minimum atomic E-state index is -4.75. The van der Waals surface area contributed by atoms with Gasteiger partial charge in [0.1, 0.15) is 23.9 Å². The van der Waals surface area contributed by atoms with E-state index < -0.39 is 46.8 Å². The Kier molecular flexibility index (Phi) is 5.58. The Morgan fingerprint density at radius 3 is 2.57 bits per heavy atom. The van der Waals surface area contributed by atoms with Crippen LogP contribution in [0, 0.1) is 11.6 Å². The van der Waals surface area contributed by atoms with Crippen LogP contribution in [0.4, 0.5) is 27.8 Å². The number of pyridine rings is 1. The highest BCUT2D eigenvalue weighted by molar-refractivity contribution is 5.48. The van der Waals surface area contributed by atoms with Crippen LogP contribution < -0.4 is 20.1 Å². The minimum absolute atomic E-state index is 0.0157. The van der Waals surface area contributed by atoms with Gasteiger partial charge in [-0.3, -0.25) is 9.55 Å². The van der Waals surface area contributed by atoms with Crippen molar-refractivity contribution in [2.45, 2.75) is 37.9 Å². The molecule has 1 aromatic carbocycles. The quantitative estimate of drug-likeness (QED) is 0.543. The third-order valence-corrected chi connectivity index (χ3v) is 5.73. The highest BCUT2D eigenvalue weighted by Gasteiger charge is 2.38. The van der Waals surface area contributed by atoms with Gasteiger partial charge in [-0.1, -0.05) is 0 Å². The van der Waals surface area contributed by atoms with E-state index in [2.05, 4.69) is 9.97 Å². The standard InChI is InChI=1S/C22H17F5N4O4/c23-15-3-11(4-16(24)20(15)35-14-1-2-28-17(6-14)22(25,26)27)10-34-18-7-19-30-9-13(32)5-12(30)8-31(19)21(33)29-18/h1-4,6-7,12-13,32H,5,8-10H2/t12-,13-/m1/s1. The highest BCUT2D eigenvalue weighted by Crippen LogP contribution is 2.35. The summed E-state index contributed by atoms with van der Waals surface area (Å²) in [5.74, 6) is -3.17. The maximum Gasteiger partial charge on any atom is 0.433 e. The SMILES string of the molecule is O=c1nc(OCc2cc(F)c(Oc3ccnc(C(F)(F)F)c3)c(F)c2)cc2n1C[C@H]1C[C@@H](O)CN21. The largest absolute Gasteiger partial charge is 0.473 e. The fraction of sp³-hybridized carbons (Fsp3) is 0.318. The Morgan fingerprint density at radius 1 is 1.11 bits per heavy atom.